The van der Waals surface area contributed by atoms with Gasteiger partial charge in [-0.2, -0.15) is 0 Å². The van der Waals surface area contributed by atoms with Gasteiger partial charge in [0.25, 0.3) is 11.8 Å². The number of fused-ring (bicyclic) bond motifs is 1. The van der Waals surface area contributed by atoms with Gasteiger partial charge in [-0.05, 0) is 24.7 Å². The lowest BCUT2D eigenvalue weighted by atomic mass is 9.94. The summed E-state index contributed by atoms with van der Waals surface area (Å²) in [6, 6.07) is 0.212. The van der Waals surface area contributed by atoms with Crippen molar-refractivity contribution in [2.45, 2.75) is 31.7 Å². The number of hydrogen-bond donors (Lipinski definition) is 0. The summed E-state index contributed by atoms with van der Waals surface area (Å²) in [5.74, 6) is 1.21. The van der Waals surface area contributed by atoms with Gasteiger partial charge in [-0.1, -0.05) is 12.8 Å². The molecule has 0 N–H and O–H groups in total. The minimum Gasteiger partial charge on any atom is -0.272 e. The molecule has 0 aromatic carbocycles. The smallest absolute Gasteiger partial charge is 0.253 e. The molecule has 3 aliphatic rings. The second kappa shape index (κ2) is 2.69. The van der Waals surface area contributed by atoms with Crippen molar-refractivity contribution in [2.75, 3.05) is 0 Å². The number of amides is 2. The van der Waals surface area contributed by atoms with Crippen LogP contribution >= 0.6 is 0 Å². The van der Waals surface area contributed by atoms with Crippen LogP contribution in [0.15, 0.2) is 12.2 Å². The number of hydrogen-bond acceptors (Lipinski definition) is 2. The predicted octanol–water partition coefficient (Wildman–Crippen LogP) is 1.10. The fourth-order valence-corrected chi connectivity index (χ4v) is 2.94. The summed E-state index contributed by atoms with van der Waals surface area (Å²) in [6.07, 6.45) is 7.50. The summed E-state index contributed by atoms with van der Waals surface area (Å²) in [5.41, 5.74) is 0. The van der Waals surface area contributed by atoms with Gasteiger partial charge in [-0.25, -0.2) is 0 Å². The van der Waals surface area contributed by atoms with Gasteiger partial charge in [-0.15, -0.1) is 0 Å². The minimum absolute atomic E-state index is 0.104. The van der Waals surface area contributed by atoms with E-state index < -0.39 is 0 Å². The molecule has 3 unspecified atom stereocenters. The Morgan fingerprint density at radius 3 is 2.57 bits per heavy atom. The maximum Gasteiger partial charge on any atom is 0.253 e. The fourth-order valence-electron chi connectivity index (χ4n) is 2.94. The van der Waals surface area contributed by atoms with Gasteiger partial charge in [0.1, 0.15) is 0 Å². The van der Waals surface area contributed by atoms with Crippen molar-refractivity contribution < 1.29 is 9.59 Å². The molecular formula is C11H13NO2. The molecule has 0 saturated heterocycles. The van der Waals surface area contributed by atoms with Gasteiger partial charge in [0.05, 0.1) is 0 Å². The Morgan fingerprint density at radius 2 is 1.86 bits per heavy atom. The first-order valence-electron chi connectivity index (χ1n) is 5.32. The normalized spacial score (nSPS) is 40.3. The van der Waals surface area contributed by atoms with Gasteiger partial charge in [0.15, 0.2) is 0 Å². The first-order chi connectivity index (χ1) is 6.77. The van der Waals surface area contributed by atoms with Gasteiger partial charge < -0.3 is 0 Å². The highest BCUT2D eigenvalue weighted by atomic mass is 16.2. The van der Waals surface area contributed by atoms with Crippen LogP contribution in [0.1, 0.15) is 25.7 Å². The SMILES string of the molecule is O=C1C=CC(=O)N1C1CCCC2CC21. The maximum absolute atomic E-state index is 11.5. The Balaban J connectivity index is 1.81. The van der Waals surface area contributed by atoms with Crippen molar-refractivity contribution >= 4 is 11.8 Å². The number of nitrogens with zero attached hydrogens (tertiary/aromatic N) is 1. The molecule has 74 valence electrons. The third kappa shape index (κ3) is 1.04. The second-order valence-corrected chi connectivity index (χ2v) is 4.54. The number of rotatable bonds is 1. The van der Waals surface area contributed by atoms with Crippen LogP contribution in [-0.4, -0.2) is 22.8 Å². The minimum atomic E-state index is -0.104. The molecule has 3 heteroatoms. The van der Waals surface area contributed by atoms with Crippen molar-refractivity contribution in [1.29, 1.82) is 0 Å². The van der Waals surface area contributed by atoms with Crippen molar-refractivity contribution in [3.63, 3.8) is 0 Å². The van der Waals surface area contributed by atoms with Crippen LogP contribution < -0.4 is 0 Å². The number of carbonyl (C=O) groups excluding carboxylic acids is 2. The maximum atomic E-state index is 11.5. The van der Waals surface area contributed by atoms with Gasteiger partial charge in [0.2, 0.25) is 0 Å². The molecule has 1 heterocycles. The van der Waals surface area contributed by atoms with Crippen LogP contribution in [0, 0.1) is 11.8 Å². The van der Waals surface area contributed by atoms with Crippen LogP contribution in [0.3, 0.4) is 0 Å². The molecule has 0 aromatic heterocycles. The largest absolute Gasteiger partial charge is 0.272 e. The molecule has 2 saturated carbocycles. The van der Waals surface area contributed by atoms with E-state index in [0.717, 1.165) is 12.3 Å². The van der Waals surface area contributed by atoms with E-state index in [0.29, 0.717) is 5.92 Å². The lowest BCUT2D eigenvalue weighted by Crippen LogP contribution is -2.42. The van der Waals surface area contributed by atoms with E-state index in [-0.39, 0.29) is 17.9 Å². The topological polar surface area (TPSA) is 37.4 Å². The van der Waals surface area contributed by atoms with E-state index >= 15 is 0 Å². The molecule has 0 bridgehead atoms. The van der Waals surface area contributed by atoms with E-state index in [4.69, 9.17) is 0 Å². The molecule has 3 nitrogen and oxygen atoms in total. The Morgan fingerprint density at radius 1 is 1.14 bits per heavy atom. The van der Waals surface area contributed by atoms with Crippen LogP contribution in [0.25, 0.3) is 0 Å². The average Bonchev–Trinajstić information content (AvgIpc) is 2.88. The Labute approximate surface area is 82.8 Å². The molecular weight excluding hydrogens is 178 g/mol. The monoisotopic (exact) mass is 191 g/mol. The Bertz CT molecular complexity index is 316. The van der Waals surface area contributed by atoms with E-state index in [1.807, 2.05) is 0 Å². The summed E-state index contributed by atoms with van der Waals surface area (Å²) in [4.78, 5) is 24.4. The van der Waals surface area contributed by atoms with Gasteiger partial charge >= 0.3 is 0 Å². The molecule has 2 fully saturated rings. The molecule has 0 radical (unpaired) electrons. The van der Waals surface area contributed by atoms with E-state index in [1.165, 1.54) is 36.3 Å². The van der Waals surface area contributed by atoms with E-state index in [9.17, 15) is 9.59 Å². The number of carbonyl (C=O) groups is 2. The molecule has 14 heavy (non-hydrogen) atoms. The van der Waals surface area contributed by atoms with Crippen molar-refractivity contribution in [2.24, 2.45) is 11.8 Å². The first-order valence-corrected chi connectivity index (χ1v) is 5.32. The van der Waals surface area contributed by atoms with Crippen molar-refractivity contribution in [1.82, 2.24) is 4.90 Å². The number of imide groups is 1. The molecule has 0 spiro atoms. The Hall–Kier alpha value is -1.12. The third-order valence-corrected chi connectivity index (χ3v) is 3.72. The lowest BCUT2D eigenvalue weighted by Gasteiger charge is -2.29. The molecule has 1 aliphatic heterocycles. The standard InChI is InChI=1S/C11H13NO2/c13-10-4-5-11(14)12(10)9-3-1-2-7-6-8(7)9/h4-5,7-9H,1-3,6H2. The summed E-state index contributed by atoms with van der Waals surface area (Å²) >= 11 is 0. The third-order valence-electron chi connectivity index (χ3n) is 3.72. The average molecular weight is 191 g/mol. The molecule has 3 atom stereocenters. The lowest BCUT2D eigenvalue weighted by molar-refractivity contribution is -0.140. The predicted molar refractivity (Wildman–Crippen MR) is 50.2 cm³/mol. The van der Waals surface area contributed by atoms with Crippen LogP contribution in [0.2, 0.25) is 0 Å². The zero-order chi connectivity index (χ0) is 9.71. The highest BCUT2D eigenvalue weighted by Crippen LogP contribution is 2.51. The molecule has 0 aromatic rings. The van der Waals surface area contributed by atoms with Crippen LogP contribution in [0.5, 0.6) is 0 Å². The summed E-state index contributed by atoms with van der Waals surface area (Å²) in [6.45, 7) is 0. The second-order valence-electron chi connectivity index (χ2n) is 4.54. The van der Waals surface area contributed by atoms with E-state index in [1.54, 1.807) is 0 Å². The zero-order valence-corrected chi connectivity index (χ0v) is 7.98. The fraction of sp³-hybridized carbons (Fsp3) is 0.636. The Kier molecular flexibility index (Phi) is 1.58. The summed E-state index contributed by atoms with van der Waals surface area (Å²) < 4.78 is 0. The molecule has 2 amide bonds. The van der Waals surface area contributed by atoms with Crippen LogP contribution in [-0.2, 0) is 9.59 Å². The highest BCUT2D eigenvalue weighted by Gasteiger charge is 2.50. The zero-order valence-electron chi connectivity index (χ0n) is 7.98. The van der Waals surface area contributed by atoms with Gasteiger partial charge in [0, 0.05) is 18.2 Å². The van der Waals surface area contributed by atoms with Gasteiger partial charge in [-0.3, -0.25) is 14.5 Å². The summed E-state index contributed by atoms with van der Waals surface area (Å²) in [5, 5.41) is 0. The van der Waals surface area contributed by atoms with Crippen molar-refractivity contribution in [3.8, 4) is 0 Å². The van der Waals surface area contributed by atoms with E-state index in [2.05, 4.69) is 0 Å². The molecule has 3 rings (SSSR count). The quantitative estimate of drug-likeness (QED) is 0.582. The highest BCUT2D eigenvalue weighted by molar-refractivity contribution is 6.13. The van der Waals surface area contributed by atoms with Crippen molar-refractivity contribution in [3.05, 3.63) is 12.2 Å². The summed E-state index contributed by atoms with van der Waals surface area (Å²) in [7, 11) is 0. The van der Waals surface area contributed by atoms with Crippen LogP contribution in [0.4, 0.5) is 0 Å². The molecule has 2 aliphatic carbocycles. The first kappa shape index (κ1) is 8.21.